The molecular formula is C21H16FN3O2S. The van der Waals surface area contributed by atoms with Gasteiger partial charge in [0, 0.05) is 6.07 Å². The Labute approximate surface area is 164 Å². The van der Waals surface area contributed by atoms with Crippen molar-refractivity contribution in [1.82, 2.24) is 10.1 Å². The van der Waals surface area contributed by atoms with E-state index in [1.807, 2.05) is 25.1 Å². The van der Waals surface area contributed by atoms with Crippen LogP contribution in [0.3, 0.4) is 0 Å². The molecule has 1 saturated carbocycles. The topological polar surface area (TPSA) is 68.0 Å². The fourth-order valence-electron chi connectivity index (χ4n) is 3.32. The van der Waals surface area contributed by atoms with E-state index in [2.05, 4.69) is 15.5 Å². The second kappa shape index (κ2) is 6.24. The number of aromatic nitrogens is 2. The largest absolute Gasteiger partial charge is 0.356 e. The number of amides is 1. The van der Waals surface area contributed by atoms with Crippen LogP contribution in [0.1, 0.15) is 24.1 Å². The summed E-state index contributed by atoms with van der Waals surface area (Å²) in [7, 11) is 0. The lowest BCUT2D eigenvalue weighted by Crippen LogP contribution is -2.28. The first-order chi connectivity index (χ1) is 13.5. The standard InChI is InChI=1S/C21H16FN3O2S/c1-12-6-7-15-17(10-12)28-20(23-15)24-19(26)21(8-9-21)18-11-16(27-25-18)13-4-2-3-5-14(13)22/h2-7,10-11H,8-9H2,1H3,(H,23,24,26). The number of halogens is 1. The Balaban J connectivity index is 1.41. The Morgan fingerprint density at radius 1 is 1.21 bits per heavy atom. The summed E-state index contributed by atoms with van der Waals surface area (Å²) in [4.78, 5) is 17.4. The molecule has 4 aromatic rings. The number of hydrogen-bond donors (Lipinski definition) is 1. The van der Waals surface area contributed by atoms with Crippen molar-refractivity contribution in [3.63, 3.8) is 0 Å². The summed E-state index contributed by atoms with van der Waals surface area (Å²) in [5.41, 5.74) is 2.13. The zero-order valence-corrected chi connectivity index (χ0v) is 15.8. The van der Waals surface area contributed by atoms with Crippen LogP contribution in [0.15, 0.2) is 53.1 Å². The molecule has 2 aromatic carbocycles. The summed E-state index contributed by atoms with van der Waals surface area (Å²) in [5.74, 6) is -0.219. The van der Waals surface area contributed by atoms with Crippen LogP contribution < -0.4 is 5.32 Å². The third-order valence-corrected chi connectivity index (χ3v) is 6.02. The number of aryl methyl sites for hydroxylation is 1. The molecule has 1 aliphatic rings. The molecule has 2 aromatic heterocycles. The second-order valence-electron chi connectivity index (χ2n) is 7.08. The van der Waals surface area contributed by atoms with Gasteiger partial charge in [0.25, 0.3) is 0 Å². The maximum Gasteiger partial charge on any atom is 0.238 e. The highest BCUT2D eigenvalue weighted by atomic mass is 32.1. The highest BCUT2D eigenvalue weighted by Crippen LogP contribution is 2.49. The van der Waals surface area contributed by atoms with E-state index in [1.54, 1.807) is 24.3 Å². The van der Waals surface area contributed by atoms with E-state index in [0.29, 0.717) is 35.0 Å². The Morgan fingerprint density at radius 3 is 2.82 bits per heavy atom. The number of fused-ring (bicyclic) bond motifs is 1. The molecule has 0 bridgehead atoms. The van der Waals surface area contributed by atoms with Gasteiger partial charge in [-0.3, -0.25) is 4.79 Å². The van der Waals surface area contributed by atoms with Crippen LogP contribution in [0, 0.1) is 12.7 Å². The van der Waals surface area contributed by atoms with Crippen molar-refractivity contribution in [2.45, 2.75) is 25.2 Å². The van der Waals surface area contributed by atoms with Crippen molar-refractivity contribution in [3.8, 4) is 11.3 Å². The molecule has 1 N–H and O–H groups in total. The van der Waals surface area contributed by atoms with Gasteiger partial charge in [0.05, 0.1) is 26.9 Å². The molecule has 140 valence electrons. The summed E-state index contributed by atoms with van der Waals surface area (Å²) in [6.45, 7) is 2.02. The number of benzene rings is 2. The van der Waals surface area contributed by atoms with Crippen LogP contribution in [-0.2, 0) is 10.2 Å². The van der Waals surface area contributed by atoms with E-state index < -0.39 is 5.41 Å². The third kappa shape index (κ3) is 2.79. The van der Waals surface area contributed by atoms with Gasteiger partial charge < -0.3 is 9.84 Å². The van der Waals surface area contributed by atoms with E-state index in [9.17, 15) is 9.18 Å². The molecule has 28 heavy (non-hydrogen) atoms. The Morgan fingerprint density at radius 2 is 2.04 bits per heavy atom. The number of hydrogen-bond acceptors (Lipinski definition) is 5. The van der Waals surface area contributed by atoms with Crippen LogP contribution in [0.25, 0.3) is 21.5 Å². The fraction of sp³-hybridized carbons (Fsp3) is 0.190. The van der Waals surface area contributed by atoms with Crippen molar-refractivity contribution in [3.05, 3.63) is 65.6 Å². The Hall–Kier alpha value is -3.06. The van der Waals surface area contributed by atoms with Crippen LogP contribution in [0.5, 0.6) is 0 Å². The number of rotatable bonds is 4. The molecule has 7 heteroatoms. The molecule has 1 fully saturated rings. The van der Waals surface area contributed by atoms with Gasteiger partial charge >= 0.3 is 0 Å². The number of carbonyl (C=O) groups is 1. The summed E-state index contributed by atoms with van der Waals surface area (Å²) < 4.78 is 20.4. The van der Waals surface area contributed by atoms with Crippen LogP contribution in [0.2, 0.25) is 0 Å². The first-order valence-corrected chi connectivity index (χ1v) is 9.78. The van der Waals surface area contributed by atoms with Gasteiger partial charge in [-0.1, -0.05) is 34.7 Å². The highest BCUT2D eigenvalue weighted by Gasteiger charge is 2.54. The second-order valence-corrected chi connectivity index (χ2v) is 8.11. The van der Waals surface area contributed by atoms with E-state index in [4.69, 9.17) is 4.52 Å². The Bertz CT molecular complexity index is 1210. The maximum absolute atomic E-state index is 14.0. The predicted octanol–water partition coefficient (Wildman–Crippen LogP) is 5.07. The molecule has 0 spiro atoms. The van der Waals surface area contributed by atoms with Crippen molar-refractivity contribution in [2.24, 2.45) is 0 Å². The van der Waals surface area contributed by atoms with Crippen molar-refractivity contribution < 1.29 is 13.7 Å². The molecule has 0 aliphatic heterocycles. The quantitative estimate of drug-likeness (QED) is 0.526. The SMILES string of the molecule is Cc1ccc2nc(NC(=O)C3(c4cc(-c5ccccc5F)on4)CC3)sc2c1. The van der Waals surface area contributed by atoms with Gasteiger partial charge in [-0.25, -0.2) is 9.37 Å². The van der Waals surface area contributed by atoms with Gasteiger partial charge in [0.1, 0.15) is 5.82 Å². The Kier molecular flexibility index (Phi) is 3.80. The monoisotopic (exact) mass is 393 g/mol. The normalized spacial score (nSPS) is 14.9. The molecule has 0 atom stereocenters. The molecule has 5 nitrogen and oxygen atoms in total. The summed E-state index contributed by atoms with van der Waals surface area (Å²) in [6.07, 6.45) is 1.35. The summed E-state index contributed by atoms with van der Waals surface area (Å²) in [6, 6.07) is 14.0. The van der Waals surface area contributed by atoms with Gasteiger partial charge in [-0.2, -0.15) is 0 Å². The molecule has 0 radical (unpaired) electrons. The van der Waals surface area contributed by atoms with Gasteiger partial charge in [0.2, 0.25) is 5.91 Å². The molecule has 1 amide bonds. The zero-order valence-electron chi connectivity index (χ0n) is 15.0. The van der Waals surface area contributed by atoms with E-state index in [0.717, 1.165) is 15.8 Å². The number of carbonyl (C=O) groups excluding carboxylic acids is 1. The van der Waals surface area contributed by atoms with Crippen molar-refractivity contribution in [1.29, 1.82) is 0 Å². The number of nitrogens with zero attached hydrogens (tertiary/aromatic N) is 2. The molecule has 1 aliphatic carbocycles. The number of anilines is 1. The lowest BCUT2D eigenvalue weighted by atomic mass is 10.0. The van der Waals surface area contributed by atoms with Crippen molar-refractivity contribution >= 4 is 32.6 Å². The van der Waals surface area contributed by atoms with Gasteiger partial charge in [-0.05, 0) is 49.6 Å². The van der Waals surface area contributed by atoms with Crippen LogP contribution >= 0.6 is 11.3 Å². The predicted molar refractivity (Wildman–Crippen MR) is 106 cm³/mol. The van der Waals surface area contributed by atoms with Crippen LogP contribution in [-0.4, -0.2) is 16.0 Å². The lowest BCUT2D eigenvalue weighted by Gasteiger charge is -2.10. The summed E-state index contributed by atoms with van der Waals surface area (Å²) in [5, 5.41) is 7.56. The molecular weight excluding hydrogens is 377 g/mol. The summed E-state index contributed by atoms with van der Waals surface area (Å²) >= 11 is 1.45. The average Bonchev–Trinajstić information content (AvgIpc) is 3.17. The smallest absolute Gasteiger partial charge is 0.238 e. The van der Waals surface area contributed by atoms with Crippen molar-refractivity contribution in [2.75, 3.05) is 5.32 Å². The first kappa shape index (κ1) is 17.1. The van der Waals surface area contributed by atoms with Gasteiger partial charge in [-0.15, -0.1) is 0 Å². The first-order valence-electron chi connectivity index (χ1n) is 8.96. The zero-order chi connectivity index (χ0) is 19.3. The van der Waals surface area contributed by atoms with E-state index in [1.165, 1.54) is 17.4 Å². The molecule has 0 saturated heterocycles. The fourth-order valence-corrected chi connectivity index (χ4v) is 4.27. The average molecular weight is 393 g/mol. The third-order valence-electron chi connectivity index (χ3n) is 5.09. The minimum Gasteiger partial charge on any atom is -0.356 e. The number of nitrogens with one attached hydrogen (secondary N) is 1. The highest BCUT2D eigenvalue weighted by molar-refractivity contribution is 7.22. The minimum absolute atomic E-state index is 0.156. The van der Waals surface area contributed by atoms with Gasteiger partial charge in [0.15, 0.2) is 10.9 Å². The lowest BCUT2D eigenvalue weighted by molar-refractivity contribution is -0.118. The van der Waals surface area contributed by atoms with E-state index >= 15 is 0 Å². The maximum atomic E-state index is 14.0. The molecule has 2 heterocycles. The molecule has 5 rings (SSSR count). The molecule has 0 unspecified atom stereocenters. The van der Waals surface area contributed by atoms with Crippen LogP contribution in [0.4, 0.5) is 9.52 Å². The minimum atomic E-state index is -0.735. The van der Waals surface area contributed by atoms with E-state index in [-0.39, 0.29) is 11.7 Å². The number of thiazole rings is 1.